The predicted molar refractivity (Wildman–Crippen MR) is 81.5 cm³/mol. The van der Waals surface area contributed by atoms with Crippen LogP contribution in [0.1, 0.15) is 0 Å². The molecule has 1 N–H and O–H groups in total. The highest BCUT2D eigenvalue weighted by atomic mass is 32.1. The Kier molecular flexibility index (Phi) is 3.05. The second kappa shape index (κ2) is 4.85. The van der Waals surface area contributed by atoms with Crippen molar-refractivity contribution in [3.05, 3.63) is 41.8 Å². The number of hydrogen-bond acceptors (Lipinski definition) is 5. The average molecular weight is 270 g/mol. The van der Waals surface area contributed by atoms with E-state index >= 15 is 0 Å². The van der Waals surface area contributed by atoms with Crippen LogP contribution in [0.5, 0.6) is 0 Å². The number of thiophene rings is 1. The summed E-state index contributed by atoms with van der Waals surface area (Å²) in [4.78, 5) is 12.1. The smallest absolute Gasteiger partial charge is 0.225 e. The van der Waals surface area contributed by atoms with Crippen LogP contribution in [0.3, 0.4) is 0 Å². The van der Waals surface area contributed by atoms with Gasteiger partial charge in [0.05, 0.1) is 5.39 Å². The van der Waals surface area contributed by atoms with Gasteiger partial charge in [0.1, 0.15) is 10.6 Å². The van der Waals surface area contributed by atoms with Crippen LogP contribution in [-0.4, -0.2) is 24.1 Å². The van der Waals surface area contributed by atoms with Crippen molar-refractivity contribution >= 4 is 39.0 Å². The Labute approximate surface area is 115 Å². The standard InChI is InChI=1S/C14H14N4S/c1-15-14-16-12(11-8-9-19-13(11)17-14)18(2)10-6-4-3-5-7-10/h3-9H,1-2H3,(H,15,16,17). The van der Waals surface area contributed by atoms with Gasteiger partial charge in [-0.15, -0.1) is 11.3 Å². The molecule has 3 rings (SSSR count). The lowest BCUT2D eigenvalue weighted by Gasteiger charge is -2.19. The second-order valence-electron chi connectivity index (χ2n) is 4.15. The van der Waals surface area contributed by atoms with Gasteiger partial charge < -0.3 is 10.2 Å². The number of aromatic nitrogens is 2. The lowest BCUT2D eigenvalue weighted by Crippen LogP contribution is -2.12. The first-order valence-corrected chi connectivity index (χ1v) is 6.89. The highest BCUT2D eigenvalue weighted by Gasteiger charge is 2.13. The Bertz CT molecular complexity index is 693. The van der Waals surface area contributed by atoms with E-state index in [4.69, 9.17) is 0 Å². The highest BCUT2D eigenvalue weighted by molar-refractivity contribution is 7.16. The SMILES string of the molecule is CNc1nc(N(C)c2ccccc2)c2ccsc2n1. The van der Waals surface area contributed by atoms with Gasteiger partial charge in [0, 0.05) is 19.8 Å². The van der Waals surface area contributed by atoms with Crippen molar-refractivity contribution in [1.29, 1.82) is 0 Å². The minimum atomic E-state index is 0.646. The molecule has 0 amide bonds. The zero-order valence-corrected chi connectivity index (χ0v) is 11.6. The third-order valence-corrected chi connectivity index (χ3v) is 3.80. The molecule has 0 aliphatic rings. The lowest BCUT2D eigenvalue weighted by atomic mass is 10.3. The van der Waals surface area contributed by atoms with Gasteiger partial charge in [0.15, 0.2) is 0 Å². The molecule has 5 heteroatoms. The molecule has 0 atom stereocenters. The van der Waals surface area contributed by atoms with Crippen LogP contribution >= 0.6 is 11.3 Å². The summed E-state index contributed by atoms with van der Waals surface area (Å²) in [5.41, 5.74) is 1.11. The summed E-state index contributed by atoms with van der Waals surface area (Å²) >= 11 is 1.63. The molecule has 0 spiro atoms. The first kappa shape index (κ1) is 11.9. The van der Waals surface area contributed by atoms with Crippen molar-refractivity contribution in [2.75, 3.05) is 24.3 Å². The highest BCUT2D eigenvalue weighted by Crippen LogP contribution is 2.31. The van der Waals surface area contributed by atoms with Crippen LogP contribution in [0.4, 0.5) is 17.5 Å². The zero-order chi connectivity index (χ0) is 13.2. The van der Waals surface area contributed by atoms with Crippen LogP contribution in [0.25, 0.3) is 10.2 Å². The monoisotopic (exact) mass is 270 g/mol. The fourth-order valence-corrected chi connectivity index (χ4v) is 2.74. The maximum absolute atomic E-state index is 4.58. The van der Waals surface area contributed by atoms with Crippen LogP contribution < -0.4 is 10.2 Å². The summed E-state index contributed by atoms with van der Waals surface area (Å²) in [6.07, 6.45) is 0. The van der Waals surface area contributed by atoms with Crippen molar-refractivity contribution in [2.24, 2.45) is 0 Å². The second-order valence-corrected chi connectivity index (χ2v) is 5.05. The van der Waals surface area contributed by atoms with Gasteiger partial charge in [-0.1, -0.05) is 18.2 Å². The summed E-state index contributed by atoms with van der Waals surface area (Å²) in [5, 5.41) is 6.14. The number of hydrogen-bond donors (Lipinski definition) is 1. The molecule has 0 unspecified atom stereocenters. The van der Waals surface area contributed by atoms with Crippen molar-refractivity contribution in [3.8, 4) is 0 Å². The molecule has 4 nitrogen and oxygen atoms in total. The number of benzene rings is 1. The molecule has 0 aliphatic carbocycles. The molecule has 0 saturated carbocycles. The third kappa shape index (κ3) is 2.13. The van der Waals surface area contributed by atoms with Crippen LogP contribution in [-0.2, 0) is 0 Å². The van der Waals surface area contributed by atoms with E-state index in [2.05, 4.69) is 38.4 Å². The van der Waals surface area contributed by atoms with Crippen molar-refractivity contribution in [3.63, 3.8) is 0 Å². The van der Waals surface area contributed by atoms with E-state index in [1.165, 1.54) is 0 Å². The van der Waals surface area contributed by atoms with Crippen molar-refractivity contribution in [2.45, 2.75) is 0 Å². The fourth-order valence-electron chi connectivity index (χ4n) is 1.98. The summed E-state index contributed by atoms with van der Waals surface area (Å²) in [5.74, 6) is 1.56. The number of para-hydroxylation sites is 1. The minimum absolute atomic E-state index is 0.646. The van der Waals surface area contributed by atoms with Gasteiger partial charge in [0.25, 0.3) is 0 Å². The van der Waals surface area contributed by atoms with Gasteiger partial charge in [-0.25, -0.2) is 4.98 Å². The number of anilines is 3. The van der Waals surface area contributed by atoms with Crippen LogP contribution in [0, 0.1) is 0 Å². The Hall–Kier alpha value is -2.14. The Morgan fingerprint density at radius 3 is 2.63 bits per heavy atom. The molecule has 1 aromatic carbocycles. The molecule has 3 aromatic rings. The first-order chi connectivity index (χ1) is 9.29. The molecule has 2 aromatic heterocycles. The van der Waals surface area contributed by atoms with E-state index in [-0.39, 0.29) is 0 Å². The maximum Gasteiger partial charge on any atom is 0.225 e. The van der Waals surface area contributed by atoms with Crippen LogP contribution in [0.2, 0.25) is 0 Å². The maximum atomic E-state index is 4.58. The molecular weight excluding hydrogens is 256 g/mol. The summed E-state index contributed by atoms with van der Waals surface area (Å²) in [6, 6.07) is 12.3. The molecule has 0 fully saturated rings. The summed E-state index contributed by atoms with van der Waals surface area (Å²) < 4.78 is 0. The number of nitrogens with zero attached hydrogens (tertiary/aromatic N) is 3. The number of nitrogens with one attached hydrogen (secondary N) is 1. The Morgan fingerprint density at radius 1 is 1.11 bits per heavy atom. The molecule has 0 saturated heterocycles. The van der Waals surface area contributed by atoms with E-state index in [0.717, 1.165) is 21.7 Å². The van der Waals surface area contributed by atoms with E-state index in [1.807, 2.05) is 37.7 Å². The van der Waals surface area contributed by atoms with Crippen LogP contribution in [0.15, 0.2) is 41.8 Å². The normalized spacial score (nSPS) is 10.6. The molecular formula is C14H14N4S. The minimum Gasteiger partial charge on any atom is -0.357 e. The third-order valence-electron chi connectivity index (χ3n) is 2.99. The molecule has 0 bridgehead atoms. The topological polar surface area (TPSA) is 41.1 Å². The van der Waals surface area contributed by atoms with Gasteiger partial charge in [-0.3, -0.25) is 0 Å². The number of rotatable bonds is 3. The number of fused-ring (bicyclic) bond motifs is 1. The molecule has 96 valence electrons. The van der Waals surface area contributed by atoms with Gasteiger partial charge in [-0.05, 0) is 23.6 Å². The summed E-state index contributed by atoms with van der Waals surface area (Å²) in [7, 11) is 3.86. The first-order valence-electron chi connectivity index (χ1n) is 6.01. The van der Waals surface area contributed by atoms with E-state index in [9.17, 15) is 0 Å². The van der Waals surface area contributed by atoms with Crippen molar-refractivity contribution < 1.29 is 0 Å². The predicted octanol–water partition coefficient (Wildman–Crippen LogP) is 3.50. The van der Waals surface area contributed by atoms with E-state index in [0.29, 0.717) is 5.95 Å². The molecule has 19 heavy (non-hydrogen) atoms. The molecule has 0 radical (unpaired) electrons. The largest absolute Gasteiger partial charge is 0.357 e. The molecule has 0 aliphatic heterocycles. The van der Waals surface area contributed by atoms with Gasteiger partial charge in [-0.2, -0.15) is 4.98 Å². The lowest BCUT2D eigenvalue weighted by molar-refractivity contribution is 1.11. The van der Waals surface area contributed by atoms with Gasteiger partial charge >= 0.3 is 0 Å². The van der Waals surface area contributed by atoms with E-state index in [1.54, 1.807) is 11.3 Å². The Morgan fingerprint density at radius 2 is 1.89 bits per heavy atom. The molecule has 2 heterocycles. The summed E-state index contributed by atoms with van der Waals surface area (Å²) in [6.45, 7) is 0. The van der Waals surface area contributed by atoms with Gasteiger partial charge in [0.2, 0.25) is 5.95 Å². The Balaban J connectivity index is 2.16. The quantitative estimate of drug-likeness (QED) is 0.791. The van der Waals surface area contributed by atoms with Crippen molar-refractivity contribution in [1.82, 2.24) is 9.97 Å². The fraction of sp³-hybridized carbons (Fsp3) is 0.143. The average Bonchev–Trinajstić information content (AvgIpc) is 2.94. The zero-order valence-electron chi connectivity index (χ0n) is 10.8. The van der Waals surface area contributed by atoms with E-state index < -0.39 is 0 Å².